The number of pyridine rings is 2. The van der Waals surface area contributed by atoms with E-state index in [1.807, 2.05) is 50.2 Å². The van der Waals surface area contributed by atoms with Crippen molar-refractivity contribution in [3.8, 4) is 11.4 Å². The van der Waals surface area contributed by atoms with Crippen LogP contribution >= 0.6 is 9.42 Å². The van der Waals surface area contributed by atoms with Crippen molar-refractivity contribution in [1.29, 1.82) is 0 Å². The van der Waals surface area contributed by atoms with Crippen molar-refractivity contribution in [2.24, 2.45) is 5.92 Å². The van der Waals surface area contributed by atoms with Gasteiger partial charge in [0.1, 0.15) is 0 Å². The number of carboxylic acid groups (broad SMARTS) is 1. The Morgan fingerprint density at radius 1 is 1.13 bits per heavy atom. The van der Waals surface area contributed by atoms with Gasteiger partial charge in [-0.2, -0.15) is 0 Å². The van der Waals surface area contributed by atoms with Crippen LogP contribution in [0.1, 0.15) is 20.3 Å². The molecule has 0 aromatic carbocycles. The summed E-state index contributed by atoms with van der Waals surface area (Å²) in [6.07, 6.45) is 3.98. The third-order valence-corrected chi connectivity index (χ3v) is 2.60. The number of carbonyl (C=O) groups is 1. The normalized spacial score (nSPS) is 10.7. The van der Waals surface area contributed by atoms with Crippen LogP contribution in [0.3, 0.4) is 0 Å². The molecule has 23 heavy (non-hydrogen) atoms. The molecule has 7 heteroatoms. The number of aliphatic carboxylic acids is 1. The molecular formula is C16H20ClN3O2Pt. The van der Waals surface area contributed by atoms with E-state index in [2.05, 4.69) is 19.4 Å². The van der Waals surface area contributed by atoms with Crippen molar-refractivity contribution in [2.45, 2.75) is 26.3 Å². The Bertz CT molecular complexity index is 504. The summed E-state index contributed by atoms with van der Waals surface area (Å²) in [6, 6.07) is 10.7. The number of hydrogen-bond acceptors (Lipinski definition) is 3. The summed E-state index contributed by atoms with van der Waals surface area (Å²) in [5.74, 6) is -0.729. The van der Waals surface area contributed by atoms with Crippen LogP contribution in [0.2, 0.25) is 0 Å². The van der Waals surface area contributed by atoms with E-state index in [0.717, 1.165) is 11.4 Å². The van der Waals surface area contributed by atoms with Crippen LogP contribution in [0, 0.1) is 5.92 Å². The Morgan fingerprint density at radius 3 is 1.78 bits per heavy atom. The number of nitrogens with one attached hydrogen (secondary N) is 1. The van der Waals surface area contributed by atoms with E-state index < -0.39 is 12.0 Å². The molecule has 0 amide bonds. The van der Waals surface area contributed by atoms with Crippen LogP contribution in [-0.4, -0.2) is 27.1 Å². The molecule has 5 nitrogen and oxygen atoms in total. The summed E-state index contributed by atoms with van der Waals surface area (Å²) in [6.45, 7) is 3.81. The molecule has 1 unspecified atom stereocenters. The number of hydrogen-bond donors (Lipinski definition) is 1. The van der Waals surface area contributed by atoms with Gasteiger partial charge < -0.3 is 10.8 Å². The van der Waals surface area contributed by atoms with E-state index in [4.69, 9.17) is 10.8 Å². The van der Waals surface area contributed by atoms with Gasteiger partial charge in [0, 0.05) is 12.4 Å². The topological polar surface area (TPSA) is 86.9 Å². The van der Waals surface area contributed by atoms with E-state index in [1.165, 1.54) is 0 Å². The minimum absolute atomic E-state index is 0.295. The van der Waals surface area contributed by atoms with Crippen LogP contribution in [0.5, 0.6) is 0 Å². The van der Waals surface area contributed by atoms with Crippen LogP contribution < -0.4 is 0 Å². The van der Waals surface area contributed by atoms with E-state index in [0.29, 0.717) is 12.3 Å². The molecule has 2 heterocycles. The van der Waals surface area contributed by atoms with Crippen LogP contribution in [0.4, 0.5) is 0 Å². The summed E-state index contributed by atoms with van der Waals surface area (Å²) in [5.41, 5.74) is 8.79. The first-order valence-electron chi connectivity index (χ1n) is 6.89. The largest absolute Gasteiger partial charge is 0.255 e. The molecule has 0 saturated carbocycles. The van der Waals surface area contributed by atoms with Gasteiger partial charge in [0.2, 0.25) is 0 Å². The fourth-order valence-electron chi connectivity index (χ4n) is 1.60. The summed E-state index contributed by atoms with van der Waals surface area (Å²) in [7, 11) is 4.61. The van der Waals surface area contributed by atoms with E-state index in [-0.39, 0.29) is 0 Å². The van der Waals surface area contributed by atoms with Crippen molar-refractivity contribution in [3.63, 3.8) is 0 Å². The van der Waals surface area contributed by atoms with Gasteiger partial charge in [-0.05, 0) is 36.2 Å². The first-order valence-corrected chi connectivity index (χ1v) is 9.70. The molecule has 0 spiro atoms. The van der Waals surface area contributed by atoms with E-state index >= 15 is 0 Å². The molecule has 2 N–H and O–H groups in total. The van der Waals surface area contributed by atoms with Crippen molar-refractivity contribution in [2.75, 3.05) is 0 Å². The van der Waals surface area contributed by atoms with Crippen LogP contribution in [-0.2, 0) is 23.6 Å². The van der Waals surface area contributed by atoms with Crippen molar-refractivity contribution in [3.05, 3.63) is 54.5 Å². The second-order valence-electron chi connectivity index (χ2n) is 4.95. The Balaban J connectivity index is 0.000000396. The fourth-order valence-corrected chi connectivity index (χ4v) is 1.60. The molecule has 0 bridgehead atoms. The predicted molar refractivity (Wildman–Crippen MR) is 88.5 cm³/mol. The first-order chi connectivity index (χ1) is 11.0. The number of rotatable bonds is 4. The SMILES string of the molecule is CC(C)CC([NH-])C(=O)O.[Cl][Pt+].c1ccc(-c2ccccn2)nc1. The molecule has 2 rings (SSSR count). The van der Waals surface area contributed by atoms with Crippen LogP contribution in [0.15, 0.2) is 48.8 Å². The van der Waals surface area contributed by atoms with Crippen molar-refractivity contribution >= 4 is 15.4 Å². The number of nitrogens with zero attached hydrogens (tertiary/aromatic N) is 2. The van der Waals surface area contributed by atoms with Gasteiger partial charge in [0.25, 0.3) is 5.97 Å². The Hall–Kier alpha value is -1.29. The number of halogens is 1. The van der Waals surface area contributed by atoms with Gasteiger partial charge in [-0.3, -0.25) is 14.8 Å². The van der Waals surface area contributed by atoms with Crippen molar-refractivity contribution in [1.82, 2.24) is 9.97 Å². The summed E-state index contributed by atoms with van der Waals surface area (Å²) >= 11 is 1.61. The molecule has 0 aliphatic rings. The molecule has 1 atom stereocenters. The minimum atomic E-state index is -1.02. The average Bonchev–Trinajstić information content (AvgIpc) is 2.58. The quantitative estimate of drug-likeness (QED) is 0.654. The van der Waals surface area contributed by atoms with Gasteiger partial charge in [-0.1, -0.05) is 32.4 Å². The zero-order valence-corrected chi connectivity index (χ0v) is 16.0. The Labute approximate surface area is 152 Å². The smallest absolute Gasteiger partial charge is 0.0886 e. The monoisotopic (exact) mass is 516 g/mol. The van der Waals surface area contributed by atoms with Gasteiger partial charge in [0.15, 0.2) is 0 Å². The summed E-state index contributed by atoms with van der Waals surface area (Å²) in [4.78, 5) is 18.4. The maximum atomic E-state index is 10.0. The summed E-state index contributed by atoms with van der Waals surface area (Å²) in [5, 5.41) is 8.24. The molecule has 0 aliphatic carbocycles. The van der Waals surface area contributed by atoms with Gasteiger partial charge >= 0.3 is 28.2 Å². The Morgan fingerprint density at radius 2 is 1.57 bits per heavy atom. The molecule has 0 saturated heterocycles. The van der Waals surface area contributed by atoms with Gasteiger partial charge in [0.05, 0.1) is 11.4 Å². The van der Waals surface area contributed by atoms with E-state index in [1.54, 1.807) is 31.2 Å². The standard InChI is InChI=1S/C10H8N2.C6H12NO2.ClH.Pt/c1-3-7-11-9(5-1)10-6-2-4-8-12-10;1-4(2)3-5(7)6(8)9;;/h1-8H;4-5,7H,3H2,1-2H3,(H,8,9);1H;/q;-1;;+2/p-1. The average molecular weight is 517 g/mol. The molecule has 0 fully saturated rings. The number of aromatic nitrogens is 2. The minimum Gasteiger partial charge on any atom is -0.255 e. The maximum Gasteiger partial charge on any atom is 0.0886 e. The number of carboxylic acids is 1. The zero-order chi connectivity index (χ0) is 17.7. The molecule has 0 radical (unpaired) electrons. The first kappa shape index (κ1) is 21.7. The second-order valence-corrected chi connectivity index (χ2v) is 4.95. The molecule has 2 aromatic heterocycles. The molecule has 128 valence electrons. The predicted octanol–water partition coefficient (Wildman–Crippen LogP) is 4.37. The molecular weight excluding hydrogens is 497 g/mol. The van der Waals surface area contributed by atoms with Gasteiger partial charge in [-0.15, -0.1) is 0 Å². The third-order valence-electron chi connectivity index (χ3n) is 2.60. The zero-order valence-electron chi connectivity index (χ0n) is 12.9. The molecule has 0 aliphatic heterocycles. The van der Waals surface area contributed by atoms with Crippen LogP contribution in [0.25, 0.3) is 17.1 Å². The maximum absolute atomic E-state index is 10.0. The summed E-state index contributed by atoms with van der Waals surface area (Å²) < 4.78 is 0. The second kappa shape index (κ2) is 13.2. The van der Waals surface area contributed by atoms with Crippen molar-refractivity contribution < 1.29 is 28.7 Å². The third kappa shape index (κ3) is 10.2. The Kier molecular flexibility index (Phi) is 12.4. The van der Waals surface area contributed by atoms with E-state index in [9.17, 15) is 4.79 Å². The molecule has 2 aromatic rings. The fraction of sp³-hybridized carbons (Fsp3) is 0.312. The van der Waals surface area contributed by atoms with Gasteiger partial charge in [-0.25, -0.2) is 0 Å².